The standard InChI is InChI=1S/C4H6F2S/c5-3-1-7-2-4(3)6/h3-4H,1-2H2/t3-,4-/m1/s1. The summed E-state index contributed by atoms with van der Waals surface area (Å²) in [5.74, 6) is 0.697. The molecule has 0 bridgehead atoms. The molecule has 1 aliphatic heterocycles. The maximum absolute atomic E-state index is 11.9. The van der Waals surface area contributed by atoms with Gasteiger partial charge in [0.25, 0.3) is 0 Å². The number of hydrogen-bond donors (Lipinski definition) is 0. The molecule has 0 amide bonds. The summed E-state index contributed by atoms with van der Waals surface area (Å²) in [6.07, 6.45) is -2.38. The van der Waals surface area contributed by atoms with E-state index in [0.29, 0.717) is 11.5 Å². The van der Waals surface area contributed by atoms with Crippen molar-refractivity contribution in [2.75, 3.05) is 11.5 Å². The Morgan fingerprint density at radius 2 is 1.57 bits per heavy atom. The fourth-order valence-electron chi connectivity index (χ4n) is 0.502. The predicted molar refractivity (Wildman–Crippen MR) is 27.1 cm³/mol. The number of halogens is 2. The zero-order valence-corrected chi connectivity index (χ0v) is 4.55. The Balaban J connectivity index is 2.33. The smallest absolute Gasteiger partial charge is 0.141 e. The summed E-state index contributed by atoms with van der Waals surface area (Å²) in [5.41, 5.74) is 0. The van der Waals surface area contributed by atoms with Crippen LogP contribution in [0.4, 0.5) is 8.78 Å². The Labute approximate surface area is 45.3 Å². The fraction of sp³-hybridized carbons (Fsp3) is 1.00. The van der Waals surface area contributed by atoms with Gasteiger partial charge in [-0.25, -0.2) is 8.78 Å². The van der Waals surface area contributed by atoms with Crippen LogP contribution in [-0.2, 0) is 0 Å². The Hall–Kier alpha value is 0.210. The monoisotopic (exact) mass is 124 g/mol. The van der Waals surface area contributed by atoms with Crippen molar-refractivity contribution in [2.45, 2.75) is 12.3 Å². The lowest BCUT2D eigenvalue weighted by Crippen LogP contribution is -2.12. The molecule has 1 aliphatic rings. The van der Waals surface area contributed by atoms with Gasteiger partial charge in [-0.3, -0.25) is 0 Å². The fourth-order valence-corrected chi connectivity index (χ4v) is 1.51. The molecule has 2 atom stereocenters. The van der Waals surface area contributed by atoms with Crippen LogP contribution in [0, 0.1) is 0 Å². The van der Waals surface area contributed by atoms with Gasteiger partial charge in [-0.2, -0.15) is 11.8 Å². The van der Waals surface area contributed by atoms with Crippen molar-refractivity contribution in [2.24, 2.45) is 0 Å². The van der Waals surface area contributed by atoms with Crippen LogP contribution >= 0.6 is 11.8 Å². The van der Waals surface area contributed by atoms with E-state index in [1.54, 1.807) is 0 Å². The Bertz CT molecular complexity index is 58.7. The van der Waals surface area contributed by atoms with E-state index >= 15 is 0 Å². The first-order valence-corrected chi connectivity index (χ1v) is 3.32. The van der Waals surface area contributed by atoms with Gasteiger partial charge in [0.05, 0.1) is 0 Å². The van der Waals surface area contributed by atoms with Crippen LogP contribution in [0.3, 0.4) is 0 Å². The van der Waals surface area contributed by atoms with Gasteiger partial charge in [-0.1, -0.05) is 0 Å². The third-order valence-corrected chi connectivity index (χ3v) is 2.05. The van der Waals surface area contributed by atoms with Gasteiger partial charge in [0.15, 0.2) is 0 Å². The lowest BCUT2D eigenvalue weighted by Gasteiger charge is -1.95. The zero-order valence-electron chi connectivity index (χ0n) is 3.73. The number of rotatable bonds is 0. The van der Waals surface area contributed by atoms with Crippen molar-refractivity contribution >= 4 is 11.8 Å². The molecular weight excluding hydrogens is 118 g/mol. The highest BCUT2D eigenvalue weighted by Crippen LogP contribution is 2.22. The average molecular weight is 124 g/mol. The Morgan fingerprint density at radius 3 is 1.71 bits per heavy atom. The topological polar surface area (TPSA) is 0 Å². The lowest BCUT2D eigenvalue weighted by atomic mass is 10.3. The predicted octanol–water partition coefficient (Wildman–Crippen LogP) is 1.41. The highest BCUT2D eigenvalue weighted by Gasteiger charge is 2.26. The van der Waals surface area contributed by atoms with Crippen molar-refractivity contribution in [3.05, 3.63) is 0 Å². The maximum atomic E-state index is 11.9. The summed E-state index contributed by atoms with van der Waals surface area (Å²) in [6.45, 7) is 0. The maximum Gasteiger partial charge on any atom is 0.141 e. The van der Waals surface area contributed by atoms with Crippen molar-refractivity contribution in [1.82, 2.24) is 0 Å². The minimum absolute atomic E-state index is 0.348. The molecule has 0 aromatic heterocycles. The van der Waals surface area contributed by atoms with E-state index in [-0.39, 0.29) is 0 Å². The molecule has 1 heterocycles. The minimum Gasteiger partial charge on any atom is -0.243 e. The quantitative estimate of drug-likeness (QED) is 0.470. The third kappa shape index (κ3) is 1.06. The van der Waals surface area contributed by atoms with E-state index in [1.165, 1.54) is 11.8 Å². The number of hydrogen-bond acceptors (Lipinski definition) is 1. The molecule has 0 nitrogen and oxygen atoms in total. The van der Waals surface area contributed by atoms with Crippen molar-refractivity contribution in [3.8, 4) is 0 Å². The van der Waals surface area contributed by atoms with Crippen molar-refractivity contribution in [1.29, 1.82) is 0 Å². The van der Waals surface area contributed by atoms with Crippen LogP contribution in [0.1, 0.15) is 0 Å². The summed E-state index contributed by atoms with van der Waals surface area (Å²) in [5, 5.41) is 0. The van der Waals surface area contributed by atoms with Crippen molar-refractivity contribution < 1.29 is 8.78 Å². The third-order valence-electron chi connectivity index (χ3n) is 0.947. The lowest BCUT2D eigenvalue weighted by molar-refractivity contribution is 0.217. The van der Waals surface area contributed by atoms with E-state index in [0.717, 1.165) is 0 Å². The molecule has 0 aromatic rings. The summed E-state index contributed by atoms with van der Waals surface area (Å²) in [7, 11) is 0. The summed E-state index contributed by atoms with van der Waals surface area (Å²) in [4.78, 5) is 0. The van der Waals surface area contributed by atoms with E-state index in [2.05, 4.69) is 0 Å². The number of alkyl halides is 2. The first-order chi connectivity index (χ1) is 3.30. The molecule has 0 spiro atoms. The molecule has 0 N–H and O–H groups in total. The van der Waals surface area contributed by atoms with Crippen LogP contribution in [0.5, 0.6) is 0 Å². The highest BCUT2D eigenvalue weighted by molar-refractivity contribution is 7.99. The average Bonchev–Trinajstić information content (AvgIpc) is 1.91. The van der Waals surface area contributed by atoms with E-state index in [9.17, 15) is 8.78 Å². The van der Waals surface area contributed by atoms with Crippen LogP contribution in [0.2, 0.25) is 0 Å². The van der Waals surface area contributed by atoms with Gasteiger partial charge >= 0.3 is 0 Å². The van der Waals surface area contributed by atoms with Gasteiger partial charge in [-0.15, -0.1) is 0 Å². The molecular formula is C4H6F2S. The molecule has 7 heavy (non-hydrogen) atoms. The second-order valence-corrected chi connectivity index (χ2v) is 2.64. The summed E-state index contributed by atoms with van der Waals surface area (Å²) >= 11 is 1.34. The summed E-state index contributed by atoms with van der Waals surface area (Å²) < 4.78 is 23.8. The zero-order chi connectivity index (χ0) is 5.28. The molecule has 1 rings (SSSR count). The molecule has 3 heteroatoms. The molecule has 0 aromatic carbocycles. The Kier molecular flexibility index (Phi) is 1.52. The van der Waals surface area contributed by atoms with E-state index < -0.39 is 12.3 Å². The SMILES string of the molecule is F[C@@H]1CSC[C@H]1F. The summed E-state index contributed by atoms with van der Waals surface area (Å²) in [6, 6.07) is 0. The molecule has 0 saturated carbocycles. The molecule has 0 unspecified atom stereocenters. The molecule has 0 aliphatic carbocycles. The highest BCUT2D eigenvalue weighted by atomic mass is 32.2. The second kappa shape index (κ2) is 1.99. The van der Waals surface area contributed by atoms with Crippen molar-refractivity contribution in [3.63, 3.8) is 0 Å². The molecule has 42 valence electrons. The van der Waals surface area contributed by atoms with Gasteiger partial charge in [0.1, 0.15) is 12.3 Å². The van der Waals surface area contributed by atoms with E-state index in [1.807, 2.05) is 0 Å². The van der Waals surface area contributed by atoms with Gasteiger partial charge in [-0.05, 0) is 0 Å². The molecule has 1 saturated heterocycles. The van der Waals surface area contributed by atoms with Gasteiger partial charge in [0.2, 0.25) is 0 Å². The minimum atomic E-state index is -1.19. The number of thioether (sulfide) groups is 1. The van der Waals surface area contributed by atoms with Gasteiger partial charge < -0.3 is 0 Å². The largest absolute Gasteiger partial charge is 0.243 e. The van der Waals surface area contributed by atoms with Crippen LogP contribution in [-0.4, -0.2) is 23.8 Å². The molecule has 1 fully saturated rings. The van der Waals surface area contributed by atoms with Gasteiger partial charge in [0, 0.05) is 11.5 Å². The Morgan fingerprint density at radius 1 is 1.14 bits per heavy atom. The molecule has 0 radical (unpaired) electrons. The van der Waals surface area contributed by atoms with Crippen LogP contribution in [0.15, 0.2) is 0 Å². The van der Waals surface area contributed by atoms with E-state index in [4.69, 9.17) is 0 Å². The first-order valence-electron chi connectivity index (χ1n) is 2.16. The van der Waals surface area contributed by atoms with Crippen LogP contribution in [0.25, 0.3) is 0 Å². The normalized spacial score (nSPS) is 42.0. The second-order valence-electron chi connectivity index (χ2n) is 1.57. The van der Waals surface area contributed by atoms with Crippen LogP contribution < -0.4 is 0 Å². The first kappa shape index (κ1) is 5.35.